The Labute approximate surface area is 130 Å². The van der Waals surface area contributed by atoms with E-state index in [4.69, 9.17) is 0 Å². The van der Waals surface area contributed by atoms with Gasteiger partial charge in [-0.2, -0.15) is 0 Å². The van der Waals surface area contributed by atoms with Crippen LogP contribution < -0.4 is 5.32 Å². The monoisotopic (exact) mass is 295 g/mol. The highest BCUT2D eigenvalue weighted by atomic mass is 16.2. The summed E-state index contributed by atoms with van der Waals surface area (Å²) in [5.74, 6) is 0.292. The average molecular weight is 295 g/mol. The fourth-order valence-electron chi connectivity index (χ4n) is 3.64. The molecule has 1 aliphatic heterocycles. The second kappa shape index (κ2) is 8.74. The summed E-state index contributed by atoms with van der Waals surface area (Å²) in [6.45, 7) is 5.87. The Hall–Kier alpha value is -0.610. The summed E-state index contributed by atoms with van der Waals surface area (Å²) in [5.41, 5.74) is 0. The third-order valence-electron chi connectivity index (χ3n) is 5.15. The maximum atomic E-state index is 12.4. The topological polar surface area (TPSA) is 35.6 Å². The summed E-state index contributed by atoms with van der Waals surface area (Å²) in [4.78, 5) is 17.0. The number of carbonyl (C=O) groups is 1. The van der Waals surface area contributed by atoms with E-state index in [-0.39, 0.29) is 6.04 Å². The molecule has 4 nitrogen and oxygen atoms in total. The largest absolute Gasteiger partial charge is 0.341 e. The van der Waals surface area contributed by atoms with Crippen molar-refractivity contribution in [2.24, 2.45) is 0 Å². The van der Waals surface area contributed by atoms with Gasteiger partial charge in [-0.1, -0.05) is 25.7 Å². The van der Waals surface area contributed by atoms with Crippen molar-refractivity contribution >= 4 is 5.91 Å². The molecule has 1 amide bonds. The quantitative estimate of drug-likeness (QED) is 0.816. The fourth-order valence-corrected chi connectivity index (χ4v) is 3.64. The van der Waals surface area contributed by atoms with Crippen LogP contribution in [0.25, 0.3) is 0 Å². The molecule has 122 valence electrons. The molecule has 0 spiro atoms. The van der Waals surface area contributed by atoms with Gasteiger partial charge in [-0.3, -0.25) is 4.79 Å². The molecule has 1 aliphatic carbocycles. The summed E-state index contributed by atoms with van der Waals surface area (Å²) in [6.07, 6.45) is 10.3. The standard InChI is InChI=1S/C17H33N3O/c1-15(17(21)20-12-7-3-4-8-13-20)18-11-14-19(2)16-9-5-6-10-16/h15-16,18H,3-14H2,1-2H3. The Morgan fingerprint density at radius 1 is 1.14 bits per heavy atom. The molecule has 2 fully saturated rings. The molecule has 0 aromatic heterocycles. The molecule has 0 aromatic rings. The van der Waals surface area contributed by atoms with Gasteiger partial charge in [-0.05, 0) is 39.7 Å². The maximum absolute atomic E-state index is 12.4. The third kappa shape index (κ3) is 5.26. The van der Waals surface area contributed by atoms with Crippen LogP contribution >= 0.6 is 0 Å². The zero-order valence-corrected chi connectivity index (χ0v) is 13.9. The molecule has 0 bridgehead atoms. The van der Waals surface area contributed by atoms with E-state index < -0.39 is 0 Å². The number of rotatable bonds is 6. The Kier molecular flexibility index (Phi) is 6.97. The molecule has 4 heteroatoms. The highest BCUT2D eigenvalue weighted by molar-refractivity contribution is 5.81. The SMILES string of the molecule is CC(NCCN(C)C1CCCC1)C(=O)N1CCCCCC1. The summed E-state index contributed by atoms with van der Waals surface area (Å²) >= 11 is 0. The summed E-state index contributed by atoms with van der Waals surface area (Å²) in [6, 6.07) is 0.725. The predicted molar refractivity (Wildman–Crippen MR) is 87.4 cm³/mol. The first kappa shape index (κ1) is 16.8. The van der Waals surface area contributed by atoms with E-state index in [1.54, 1.807) is 0 Å². The molecule has 1 unspecified atom stereocenters. The van der Waals surface area contributed by atoms with Crippen molar-refractivity contribution < 1.29 is 4.79 Å². The van der Waals surface area contributed by atoms with Gasteiger partial charge in [0.05, 0.1) is 6.04 Å². The van der Waals surface area contributed by atoms with E-state index in [2.05, 4.69) is 22.2 Å². The van der Waals surface area contributed by atoms with Crippen molar-refractivity contribution in [2.75, 3.05) is 33.2 Å². The first-order chi connectivity index (χ1) is 10.2. The maximum Gasteiger partial charge on any atom is 0.239 e. The number of carbonyl (C=O) groups excluding carboxylic acids is 1. The van der Waals surface area contributed by atoms with Gasteiger partial charge >= 0.3 is 0 Å². The zero-order chi connectivity index (χ0) is 15.1. The van der Waals surface area contributed by atoms with Crippen LogP contribution in [0.1, 0.15) is 58.3 Å². The summed E-state index contributed by atoms with van der Waals surface area (Å²) < 4.78 is 0. The molecular formula is C17H33N3O. The molecule has 2 rings (SSSR count). The predicted octanol–water partition coefficient (Wildman–Crippen LogP) is 2.24. The highest BCUT2D eigenvalue weighted by Crippen LogP contribution is 2.21. The fraction of sp³-hybridized carbons (Fsp3) is 0.941. The lowest BCUT2D eigenvalue weighted by Gasteiger charge is -2.27. The first-order valence-corrected chi connectivity index (χ1v) is 8.91. The molecule has 1 saturated heterocycles. The second-order valence-electron chi connectivity index (χ2n) is 6.83. The smallest absolute Gasteiger partial charge is 0.239 e. The number of amides is 1. The molecule has 1 saturated carbocycles. The van der Waals surface area contributed by atoms with Gasteiger partial charge in [-0.25, -0.2) is 0 Å². The van der Waals surface area contributed by atoms with E-state index in [0.29, 0.717) is 5.91 Å². The molecule has 0 radical (unpaired) electrons. The molecule has 1 atom stereocenters. The number of likely N-dealkylation sites (tertiary alicyclic amines) is 1. The van der Waals surface area contributed by atoms with Gasteiger partial charge in [0.2, 0.25) is 5.91 Å². The van der Waals surface area contributed by atoms with Gasteiger partial charge < -0.3 is 15.1 Å². The van der Waals surface area contributed by atoms with Crippen molar-refractivity contribution in [1.29, 1.82) is 0 Å². The summed E-state index contributed by atoms with van der Waals surface area (Å²) in [5, 5.41) is 3.42. The lowest BCUT2D eigenvalue weighted by molar-refractivity contribution is -0.133. The highest BCUT2D eigenvalue weighted by Gasteiger charge is 2.22. The Balaban J connectivity index is 1.65. The van der Waals surface area contributed by atoms with E-state index >= 15 is 0 Å². The van der Waals surface area contributed by atoms with Crippen molar-refractivity contribution in [3.63, 3.8) is 0 Å². The van der Waals surface area contributed by atoms with E-state index in [0.717, 1.165) is 32.2 Å². The molecular weight excluding hydrogens is 262 g/mol. The van der Waals surface area contributed by atoms with Gasteiger partial charge in [0, 0.05) is 32.2 Å². The Bertz CT molecular complexity index is 307. The minimum atomic E-state index is -0.0416. The number of likely N-dealkylation sites (N-methyl/N-ethyl adjacent to an activating group) is 1. The minimum absolute atomic E-state index is 0.0416. The van der Waals surface area contributed by atoms with Gasteiger partial charge in [0.25, 0.3) is 0 Å². The Morgan fingerprint density at radius 3 is 2.38 bits per heavy atom. The van der Waals surface area contributed by atoms with E-state index in [1.807, 2.05) is 6.92 Å². The normalized spacial score (nSPS) is 22.5. The van der Waals surface area contributed by atoms with Crippen LogP contribution in [-0.2, 0) is 4.79 Å². The van der Waals surface area contributed by atoms with Gasteiger partial charge in [-0.15, -0.1) is 0 Å². The van der Waals surface area contributed by atoms with Crippen molar-refractivity contribution in [1.82, 2.24) is 15.1 Å². The van der Waals surface area contributed by atoms with Crippen LogP contribution in [-0.4, -0.2) is 61.0 Å². The van der Waals surface area contributed by atoms with Gasteiger partial charge in [0.1, 0.15) is 0 Å². The van der Waals surface area contributed by atoms with Crippen molar-refractivity contribution in [3.05, 3.63) is 0 Å². The van der Waals surface area contributed by atoms with Crippen LogP contribution in [0.3, 0.4) is 0 Å². The molecule has 0 aromatic carbocycles. The van der Waals surface area contributed by atoms with Crippen LogP contribution in [0.4, 0.5) is 0 Å². The van der Waals surface area contributed by atoms with Gasteiger partial charge in [0.15, 0.2) is 0 Å². The molecule has 1 heterocycles. The third-order valence-corrected chi connectivity index (χ3v) is 5.15. The average Bonchev–Trinajstić information content (AvgIpc) is 2.89. The lowest BCUT2D eigenvalue weighted by Crippen LogP contribution is -2.47. The molecule has 21 heavy (non-hydrogen) atoms. The first-order valence-electron chi connectivity index (χ1n) is 8.91. The van der Waals surface area contributed by atoms with Crippen LogP contribution in [0, 0.1) is 0 Å². The number of hydrogen-bond donors (Lipinski definition) is 1. The molecule has 2 aliphatic rings. The second-order valence-corrected chi connectivity index (χ2v) is 6.83. The summed E-state index contributed by atoms with van der Waals surface area (Å²) in [7, 11) is 2.22. The lowest BCUT2D eigenvalue weighted by atomic mass is 10.2. The van der Waals surface area contributed by atoms with Crippen molar-refractivity contribution in [2.45, 2.75) is 70.4 Å². The molecule has 1 N–H and O–H groups in total. The van der Waals surface area contributed by atoms with Crippen LogP contribution in [0.15, 0.2) is 0 Å². The number of nitrogens with one attached hydrogen (secondary N) is 1. The minimum Gasteiger partial charge on any atom is -0.341 e. The van der Waals surface area contributed by atoms with E-state index in [9.17, 15) is 4.79 Å². The zero-order valence-electron chi connectivity index (χ0n) is 13.9. The van der Waals surface area contributed by atoms with Crippen LogP contribution in [0.2, 0.25) is 0 Å². The van der Waals surface area contributed by atoms with Crippen molar-refractivity contribution in [3.8, 4) is 0 Å². The van der Waals surface area contributed by atoms with Crippen LogP contribution in [0.5, 0.6) is 0 Å². The Morgan fingerprint density at radius 2 is 1.76 bits per heavy atom. The number of hydrogen-bond acceptors (Lipinski definition) is 3. The van der Waals surface area contributed by atoms with E-state index in [1.165, 1.54) is 51.4 Å². The number of nitrogens with zero attached hydrogens (tertiary/aromatic N) is 2.